The van der Waals surface area contributed by atoms with E-state index in [1.54, 1.807) is 0 Å². The first-order chi connectivity index (χ1) is 3.85. The molecule has 0 aromatic heterocycles. The Morgan fingerprint density at radius 1 is 1.88 bits per heavy atom. The van der Waals surface area contributed by atoms with Crippen molar-refractivity contribution in [3.63, 3.8) is 0 Å². The van der Waals surface area contributed by atoms with Crippen molar-refractivity contribution in [2.45, 2.75) is 6.92 Å². The number of rotatable bonds is 3. The first-order valence-electron chi connectivity index (χ1n) is 2.40. The average molecular weight is 114 g/mol. The third-order valence-corrected chi connectivity index (χ3v) is 0.618. The Kier molecular flexibility index (Phi) is 3.66. The molecule has 0 bridgehead atoms. The summed E-state index contributed by atoms with van der Waals surface area (Å²) in [6, 6.07) is 0. The standard InChI is InChI=1S/C5H10N2O/c1-2-8-5(3-6)4-7/h3-4,6H,2,7H2,1H3/b5-4+,6-3?. The Labute approximate surface area is 48.6 Å². The summed E-state index contributed by atoms with van der Waals surface area (Å²) in [7, 11) is 0. The molecule has 3 N–H and O–H groups in total. The summed E-state index contributed by atoms with van der Waals surface area (Å²) in [5.74, 6) is 0.410. The van der Waals surface area contributed by atoms with Crippen molar-refractivity contribution in [3.05, 3.63) is 12.0 Å². The highest BCUT2D eigenvalue weighted by Crippen LogP contribution is 1.86. The number of nitrogens with one attached hydrogen (secondary N) is 1. The molecule has 0 rings (SSSR count). The molecule has 3 nitrogen and oxygen atoms in total. The van der Waals surface area contributed by atoms with Crippen LogP contribution in [0.4, 0.5) is 0 Å². The van der Waals surface area contributed by atoms with Gasteiger partial charge in [-0.05, 0) is 6.92 Å². The highest BCUT2D eigenvalue weighted by atomic mass is 16.5. The minimum Gasteiger partial charge on any atom is -0.491 e. The van der Waals surface area contributed by atoms with Gasteiger partial charge in [0.05, 0.1) is 12.8 Å². The Morgan fingerprint density at radius 2 is 2.50 bits per heavy atom. The maximum Gasteiger partial charge on any atom is 0.152 e. The van der Waals surface area contributed by atoms with Crippen molar-refractivity contribution >= 4 is 6.21 Å². The van der Waals surface area contributed by atoms with Crippen LogP contribution in [0.2, 0.25) is 0 Å². The van der Waals surface area contributed by atoms with Crippen molar-refractivity contribution in [2.24, 2.45) is 5.73 Å². The molecule has 0 aliphatic heterocycles. The second-order valence-electron chi connectivity index (χ2n) is 1.15. The number of ether oxygens (including phenoxy) is 1. The molecular formula is C5H10N2O. The fraction of sp³-hybridized carbons (Fsp3) is 0.400. The molecule has 0 aromatic rings. The van der Waals surface area contributed by atoms with Crippen LogP contribution >= 0.6 is 0 Å². The molecule has 0 heterocycles. The molecule has 3 heteroatoms. The zero-order valence-corrected chi connectivity index (χ0v) is 4.85. The number of nitrogens with two attached hydrogens (primary N) is 1. The molecule has 0 saturated carbocycles. The van der Waals surface area contributed by atoms with Gasteiger partial charge in [0, 0.05) is 6.20 Å². The molecule has 46 valence electrons. The van der Waals surface area contributed by atoms with Crippen molar-refractivity contribution in [1.82, 2.24) is 0 Å². The Morgan fingerprint density at radius 3 is 2.62 bits per heavy atom. The zero-order valence-electron chi connectivity index (χ0n) is 4.85. The van der Waals surface area contributed by atoms with Gasteiger partial charge in [0.25, 0.3) is 0 Å². The van der Waals surface area contributed by atoms with E-state index in [-0.39, 0.29) is 0 Å². The molecule has 0 aliphatic carbocycles. The summed E-state index contributed by atoms with van der Waals surface area (Å²) in [6.07, 6.45) is 2.33. The predicted octanol–water partition coefficient (Wildman–Crippen LogP) is 0.473. The average Bonchev–Trinajstić information content (AvgIpc) is 1.83. The zero-order chi connectivity index (χ0) is 6.41. The monoisotopic (exact) mass is 114 g/mol. The van der Waals surface area contributed by atoms with Crippen LogP contribution in [-0.2, 0) is 4.74 Å². The Bertz CT molecular complexity index is 98.6. The van der Waals surface area contributed by atoms with Crippen LogP contribution < -0.4 is 5.73 Å². The van der Waals surface area contributed by atoms with Gasteiger partial charge in [0.1, 0.15) is 0 Å². The van der Waals surface area contributed by atoms with Crippen LogP contribution in [0.25, 0.3) is 0 Å². The quantitative estimate of drug-likeness (QED) is 0.414. The minimum atomic E-state index is 0.410. The Hall–Kier alpha value is -0.990. The van der Waals surface area contributed by atoms with Gasteiger partial charge in [0.15, 0.2) is 5.76 Å². The second-order valence-corrected chi connectivity index (χ2v) is 1.15. The van der Waals surface area contributed by atoms with Gasteiger partial charge in [-0.15, -0.1) is 0 Å². The number of hydrogen-bond donors (Lipinski definition) is 2. The summed E-state index contributed by atoms with van der Waals surface area (Å²) >= 11 is 0. The van der Waals surface area contributed by atoms with E-state index in [0.29, 0.717) is 12.4 Å². The Balaban J connectivity index is 3.54. The van der Waals surface area contributed by atoms with Crippen LogP contribution in [0.15, 0.2) is 12.0 Å². The molecule has 0 saturated heterocycles. The van der Waals surface area contributed by atoms with E-state index in [1.165, 1.54) is 6.20 Å². The van der Waals surface area contributed by atoms with E-state index in [4.69, 9.17) is 15.9 Å². The summed E-state index contributed by atoms with van der Waals surface area (Å²) in [4.78, 5) is 0. The van der Waals surface area contributed by atoms with E-state index in [1.807, 2.05) is 6.92 Å². The first-order valence-corrected chi connectivity index (χ1v) is 2.40. The van der Waals surface area contributed by atoms with Crippen LogP contribution in [0.5, 0.6) is 0 Å². The summed E-state index contributed by atoms with van der Waals surface area (Å²) < 4.78 is 4.83. The molecular weight excluding hydrogens is 104 g/mol. The highest BCUT2D eigenvalue weighted by Gasteiger charge is 1.84. The fourth-order valence-corrected chi connectivity index (χ4v) is 0.305. The molecule has 0 unspecified atom stereocenters. The third kappa shape index (κ3) is 2.23. The lowest BCUT2D eigenvalue weighted by Crippen LogP contribution is -1.95. The van der Waals surface area contributed by atoms with Gasteiger partial charge in [0.2, 0.25) is 0 Å². The summed E-state index contributed by atoms with van der Waals surface area (Å²) in [6.45, 7) is 2.39. The van der Waals surface area contributed by atoms with E-state index < -0.39 is 0 Å². The molecule has 0 aromatic carbocycles. The van der Waals surface area contributed by atoms with Crippen LogP contribution in [0, 0.1) is 5.41 Å². The van der Waals surface area contributed by atoms with Crippen molar-refractivity contribution in [3.8, 4) is 0 Å². The van der Waals surface area contributed by atoms with Crippen molar-refractivity contribution in [1.29, 1.82) is 5.41 Å². The van der Waals surface area contributed by atoms with Crippen LogP contribution in [-0.4, -0.2) is 12.8 Å². The highest BCUT2D eigenvalue weighted by molar-refractivity contribution is 5.72. The van der Waals surface area contributed by atoms with E-state index in [0.717, 1.165) is 6.21 Å². The maximum absolute atomic E-state index is 6.66. The van der Waals surface area contributed by atoms with Gasteiger partial charge < -0.3 is 15.9 Å². The minimum absolute atomic E-state index is 0.410. The molecule has 0 aliphatic rings. The lowest BCUT2D eigenvalue weighted by atomic mass is 10.6. The van der Waals surface area contributed by atoms with E-state index in [9.17, 15) is 0 Å². The number of allylic oxidation sites excluding steroid dienone is 1. The maximum atomic E-state index is 6.66. The smallest absolute Gasteiger partial charge is 0.152 e. The van der Waals surface area contributed by atoms with E-state index in [2.05, 4.69) is 0 Å². The third-order valence-electron chi connectivity index (χ3n) is 0.618. The summed E-state index contributed by atoms with van der Waals surface area (Å²) in [5.41, 5.74) is 5.03. The predicted molar refractivity (Wildman–Crippen MR) is 32.7 cm³/mol. The van der Waals surface area contributed by atoms with Gasteiger partial charge in [-0.25, -0.2) is 0 Å². The molecule has 8 heavy (non-hydrogen) atoms. The van der Waals surface area contributed by atoms with Crippen molar-refractivity contribution < 1.29 is 4.74 Å². The lowest BCUT2D eigenvalue weighted by Gasteiger charge is -1.98. The van der Waals surface area contributed by atoms with Crippen LogP contribution in [0.1, 0.15) is 6.92 Å². The molecule has 0 spiro atoms. The first kappa shape index (κ1) is 7.01. The molecule has 0 fully saturated rings. The lowest BCUT2D eigenvalue weighted by molar-refractivity contribution is 0.250. The second kappa shape index (κ2) is 4.18. The molecule has 0 atom stereocenters. The number of hydrogen-bond acceptors (Lipinski definition) is 3. The SMILES string of the molecule is CCO/C(C=N)=C/N. The van der Waals surface area contributed by atoms with E-state index >= 15 is 0 Å². The fourth-order valence-electron chi connectivity index (χ4n) is 0.305. The molecule has 0 amide bonds. The summed E-state index contributed by atoms with van der Waals surface area (Å²) in [5, 5.41) is 6.66. The normalized spacial score (nSPS) is 10.9. The van der Waals surface area contributed by atoms with Gasteiger partial charge in [-0.1, -0.05) is 0 Å². The van der Waals surface area contributed by atoms with Gasteiger partial charge >= 0.3 is 0 Å². The van der Waals surface area contributed by atoms with Gasteiger partial charge in [-0.3, -0.25) is 0 Å². The van der Waals surface area contributed by atoms with Gasteiger partial charge in [-0.2, -0.15) is 0 Å². The molecule has 0 radical (unpaired) electrons. The van der Waals surface area contributed by atoms with Crippen LogP contribution in [0.3, 0.4) is 0 Å². The van der Waals surface area contributed by atoms with Crippen molar-refractivity contribution in [2.75, 3.05) is 6.61 Å². The topological polar surface area (TPSA) is 59.1 Å². The largest absolute Gasteiger partial charge is 0.491 e.